The molecule has 14 heavy (non-hydrogen) atoms. The number of benzene rings is 1. The Morgan fingerprint density at radius 1 is 1.43 bits per heavy atom. The van der Waals surface area contributed by atoms with Crippen LogP contribution in [0.5, 0.6) is 0 Å². The number of carboxylic acids is 1. The largest absolute Gasteiger partial charge is 0.477 e. The van der Waals surface area contributed by atoms with Gasteiger partial charge < -0.3 is 5.11 Å². The van der Waals surface area contributed by atoms with Crippen LogP contribution in [0.4, 0.5) is 5.69 Å². The van der Waals surface area contributed by atoms with E-state index in [4.69, 9.17) is 5.11 Å². The summed E-state index contributed by atoms with van der Waals surface area (Å²) in [6, 6.07) is 7.27. The second-order valence-corrected chi connectivity index (χ2v) is 3.54. The zero-order valence-electron chi connectivity index (χ0n) is 7.49. The van der Waals surface area contributed by atoms with Crippen LogP contribution in [-0.2, 0) is 4.79 Å². The highest BCUT2D eigenvalue weighted by Gasteiger charge is 2.00. The van der Waals surface area contributed by atoms with E-state index >= 15 is 0 Å². The standard InChI is InChI=1S/C9H9BrN2O2/c1-6(9(13)14)11-12-8-4-2-7(10)3-5-8/h2-5,12H,1H3,(H,13,14)/b11-6+. The Kier molecular flexibility index (Phi) is 3.64. The molecule has 1 rings (SSSR count). The van der Waals surface area contributed by atoms with Crippen LogP contribution in [0, 0.1) is 0 Å². The number of hydrogen-bond donors (Lipinski definition) is 2. The molecule has 0 aliphatic rings. The number of hydrogen-bond acceptors (Lipinski definition) is 3. The minimum Gasteiger partial charge on any atom is -0.477 e. The molecule has 0 radical (unpaired) electrons. The van der Waals surface area contributed by atoms with E-state index in [9.17, 15) is 4.79 Å². The molecule has 0 amide bonds. The second-order valence-electron chi connectivity index (χ2n) is 2.62. The Morgan fingerprint density at radius 2 is 2.00 bits per heavy atom. The first-order valence-electron chi connectivity index (χ1n) is 3.89. The van der Waals surface area contributed by atoms with Gasteiger partial charge in [0.05, 0.1) is 5.69 Å². The first kappa shape index (κ1) is 10.7. The van der Waals surface area contributed by atoms with Crippen LogP contribution in [0.1, 0.15) is 6.92 Å². The summed E-state index contributed by atoms with van der Waals surface area (Å²) in [4.78, 5) is 10.4. The van der Waals surface area contributed by atoms with Crippen molar-refractivity contribution in [3.63, 3.8) is 0 Å². The second kappa shape index (κ2) is 4.76. The van der Waals surface area contributed by atoms with E-state index < -0.39 is 5.97 Å². The van der Waals surface area contributed by atoms with E-state index in [0.29, 0.717) is 0 Å². The van der Waals surface area contributed by atoms with Crippen LogP contribution in [0.15, 0.2) is 33.8 Å². The number of anilines is 1. The van der Waals surface area contributed by atoms with Crippen LogP contribution in [0.25, 0.3) is 0 Å². The van der Waals surface area contributed by atoms with Crippen molar-refractivity contribution in [3.8, 4) is 0 Å². The summed E-state index contributed by atoms with van der Waals surface area (Å²) >= 11 is 3.29. The van der Waals surface area contributed by atoms with Crippen molar-refractivity contribution in [1.29, 1.82) is 0 Å². The van der Waals surface area contributed by atoms with Crippen LogP contribution in [0.2, 0.25) is 0 Å². The van der Waals surface area contributed by atoms with E-state index in [1.54, 1.807) is 12.1 Å². The van der Waals surface area contributed by atoms with Crippen molar-refractivity contribution in [3.05, 3.63) is 28.7 Å². The number of carboxylic acid groups (broad SMARTS) is 1. The maximum atomic E-state index is 10.4. The van der Waals surface area contributed by atoms with E-state index in [2.05, 4.69) is 26.5 Å². The fraction of sp³-hybridized carbons (Fsp3) is 0.111. The third-order valence-corrected chi connectivity index (χ3v) is 2.04. The molecule has 1 aromatic carbocycles. The molecule has 0 spiro atoms. The summed E-state index contributed by atoms with van der Waals surface area (Å²) in [5, 5.41) is 12.2. The lowest BCUT2D eigenvalue weighted by Crippen LogP contribution is -2.10. The van der Waals surface area contributed by atoms with Crippen molar-refractivity contribution in [2.75, 3.05) is 5.43 Å². The summed E-state index contributed by atoms with van der Waals surface area (Å²) in [7, 11) is 0. The van der Waals surface area contributed by atoms with Gasteiger partial charge in [-0.25, -0.2) is 4.79 Å². The number of nitrogens with zero attached hydrogens (tertiary/aromatic N) is 1. The maximum Gasteiger partial charge on any atom is 0.351 e. The van der Waals surface area contributed by atoms with Gasteiger partial charge in [-0.3, -0.25) is 5.43 Å². The molecule has 0 aromatic heterocycles. The smallest absolute Gasteiger partial charge is 0.351 e. The van der Waals surface area contributed by atoms with Gasteiger partial charge in [0.25, 0.3) is 0 Å². The average Bonchev–Trinajstić information content (AvgIpc) is 2.16. The molecule has 0 saturated carbocycles. The quantitative estimate of drug-likeness (QED) is 0.645. The van der Waals surface area contributed by atoms with Gasteiger partial charge in [0.1, 0.15) is 5.71 Å². The number of nitrogens with one attached hydrogen (secondary N) is 1. The van der Waals surface area contributed by atoms with Crippen molar-refractivity contribution >= 4 is 33.3 Å². The zero-order valence-corrected chi connectivity index (χ0v) is 9.08. The third kappa shape index (κ3) is 3.18. The SMILES string of the molecule is C/C(=N\Nc1ccc(Br)cc1)C(=O)O. The number of aliphatic carboxylic acids is 1. The molecule has 0 heterocycles. The highest BCUT2D eigenvalue weighted by molar-refractivity contribution is 9.10. The topological polar surface area (TPSA) is 61.7 Å². The van der Waals surface area contributed by atoms with E-state index in [1.807, 2.05) is 12.1 Å². The number of rotatable bonds is 3. The molecule has 0 unspecified atom stereocenters. The van der Waals surface area contributed by atoms with Crippen molar-refractivity contribution < 1.29 is 9.90 Å². The molecule has 1 aromatic rings. The molecule has 0 aliphatic heterocycles. The monoisotopic (exact) mass is 256 g/mol. The lowest BCUT2D eigenvalue weighted by Gasteiger charge is -2.00. The molecule has 2 N–H and O–H groups in total. The van der Waals surface area contributed by atoms with Crippen LogP contribution >= 0.6 is 15.9 Å². The molecule has 4 nitrogen and oxygen atoms in total. The van der Waals surface area contributed by atoms with Crippen LogP contribution in [-0.4, -0.2) is 16.8 Å². The first-order chi connectivity index (χ1) is 6.59. The van der Waals surface area contributed by atoms with Gasteiger partial charge in [-0.1, -0.05) is 15.9 Å². The Morgan fingerprint density at radius 3 is 2.50 bits per heavy atom. The lowest BCUT2D eigenvalue weighted by atomic mass is 10.3. The number of halogens is 1. The summed E-state index contributed by atoms with van der Waals surface area (Å²) in [6.07, 6.45) is 0. The van der Waals surface area contributed by atoms with Crippen molar-refractivity contribution in [1.82, 2.24) is 0 Å². The van der Waals surface area contributed by atoms with Gasteiger partial charge in [0.15, 0.2) is 0 Å². The summed E-state index contributed by atoms with van der Waals surface area (Å²) in [5.41, 5.74) is 3.40. The van der Waals surface area contributed by atoms with Gasteiger partial charge in [-0.05, 0) is 31.2 Å². The molecule has 0 fully saturated rings. The first-order valence-corrected chi connectivity index (χ1v) is 4.68. The van der Waals surface area contributed by atoms with Gasteiger partial charge in [-0.15, -0.1) is 0 Å². The maximum absolute atomic E-state index is 10.4. The molecule has 0 saturated heterocycles. The van der Waals surface area contributed by atoms with Crippen molar-refractivity contribution in [2.24, 2.45) is 5.10 Å². The Labute approximate surface area is 89.8 Å². The summed E-state index contributed by atoms with van der Waals surface area (Å²) < 4.78 is 0.960. The fourth-order valence-electron chi connectivity index (χ4n) is 0.721. The minimum atomic E-state index is -1.03. The molecule has 74 valence electrons. The summed E-state index contributed by atoms with van der Waals surface area (Å²) in [5.74, 6) is -1.03. The average molecular weight is 257 g/mol. The normalized spacial score (nSPS) is 11.1. The molecule has 0 atom stereocenters. The van der Waals surface area contributed by atoms with Crippen molar-refractivity contribution in [2.45, 2.75) is 6.92 Å². The van der Waals surface area contributed by atoms with Gasteiger partial charge >= 0.3 is 5.97 Å². The van der Waals surface area contributed by atoms with Crippen LogP contribution < -0.4 is 5.43 Å². The fourth-order valence-corrected chi connectivity index (χ4v) is 0.985. The zero-order chi connectivity index (χ0) is 10.6. The minimum absolute atomic E-state index is 0.0212. The highest BCUT2D eigenvalue weighted by Crippen LogP contribution is 2.13. The molecule has 0 bridgehead atoms. The predicted molar refractivity (Wildman–Crippen MR) is 58.5 cm³/mol. The molecule has 0 aliphatic carbocycles. The van der Waals surface area contributed by atoms with Gasteiger partial charge in [-0.2, -0.15) is 5.10 Å². The Bertz CT molecular complexity index is 360. The van der Waals surface area contributed by atoms with Gasteiger partial charge in [0.2, 0.25) is 0 Å². The van der Waals surface area contributed by atoms with E-state index in [-0.39, 0.29) is 5.71 Å². The third-order valence-electron chi connectivity index (χ3n) is 1.51. The van der Waals surface area contributed by atoms with Gasteiger partial charge in [0, 0.05) is 4.47 Å². The molecular weight excluding hydrogens is 248 g/mol. The van der Waals surface area contributed by atoms with E-state index in [1.165, 1.54) is 6.92 Å². The number of carbonyl (C=O) groups is 1. The van der Waals surface area contributed by atoms with Crippen LogP contribution in [0.3, 0.4) is 0 Å². The highest BCUT2D eigenvalue weighted by atomic mass is 79.9. The Balaban J connectivity index is 2.66. The molecule has 5 heteroatoms. The van der Waals surface area contributed by atoms with E-state index in [0.717, 1.165) is 10.2 Å². The Hall–Kier alpha value is -1.36. The molecular formula is C9H9BrN2O2. The predicted octanol–water partition coefficient (Wildman–Crippen LogP) is 2.32. The lowest BCUT2D eigenvalue weighted by molar-refractivity contribution is -0.129. The number of hydrazone groups is 1. The summed E-state index contributed by atoms with van der Waals surface area (Å²) in [6.45, 7) is 1.42.